The third-order valence-corrected chi connectivity index (χ3v) is 5.38. The fraction of sp³-hybridized carbons (Fsp3) is 0.350. The summed E-state index contributed by atoms with van der Waals surface area (Å²) in [4.78, 5) is 14.5. The second kappa shape index (κ2) is 8.36. The molecular formula is C20H26N2O3S. The van der Waals surface area contributed by atoms with Crippen LogP contribution in [0.2, 0.25) is 0 Å². The van der Waals surface area contributed by atoms with Gasteiger partial charge in [0.2, 0.25) is 15.9 Å². The van der Waals surface area contributed by atoms with Crippen LogP contribution in [-0.4, -0.2) is 38.6 Å². The summed E-state index contributed by atoms with van der Waals surface area (Å²) in [6, 6.07) is 15.2. The molecule has 5 nitrogen and oxygen atoms in total. The zero-order valence-electron chi connectivity index (χ0n) is 15.8. The summed E-state index contributed by atoms with van der Waals surface area (Å²) in [5, 5.41) is 0. The van der Waals surface area contributed by atoms with Gasteiger partial charge in [0.05, 0.1) is 11.9 Å². The molecule has 0 saturated carbocycles. The highest BCUT2D eigenvalue weighted by atomic mass is 32.2. The van der Waals surface area contributed by atoms with Crippen LogP contribution in [0.1, 0.15) is 23.6 Å². The van der Waals surface area contributed by atoms with Crippen molar-refractivity contribution >= 4 is 21.6 Å². The number of likely N-dealkylation sites (N-methyl/N-ethyl adjacent to an activating group) is 1. The van der Waals surface area contributed by atoms with Crippen molar-refractivity contribution in [3.8, 4) is 0 Å². The Morgan fingerprint density at radius 2 is 1.69 bits per heavy atom. The molecule has 0 fully saturated rings. The van der Waals surface area contributed by atoms with Gasteiger partial charge in [-0.25, -0.2) is 8.42 Å². The van der Waals surface area contributed by atoms with Gasteiger partial charge in [-0.3, -0.25) is 9.10 Å². The number of rotatable bonds is 7. The third-order valence-electron chi connectivity index (χ3n) is 4.25. The van der Waals surface area contributed by atoms with E-state index in [-0.39, 0.29) is 12.5 Å². The van der Waals surface area contributed by atoms with Crippen molar-refractivity contribution in [3.05, 3.63) is 65.2 Å². The van der Waals surface area contributed by atoms with E-state index in [4.69, 9.17) is 0 Å². The number of sulfonamides is 1. The molecule has 0 heterocycles. The first-order chi connectivity index (χ1) is 12.2. The van der Waals surface area contributed by atoms with E-state index in [1.54, 1.807) is 11.0 Å². The molecule has 0 radical (unpaired) electrons. The Morgan fingerprint density at radius 3 is 2.23 bits per heavy atom. The summed E-state index contributed by atoms with van der Waals surface area (Å²) < 4.78 is 25.9. The van der Waals surface area contributed by atoms with Crippen LogP contribution >= 0.6 is 0 Å². The highest BCUT2D eigenvalue weighted by Gasteiger charge is 2.24. The van der Waals surface area contributed by atoms with Crippen molar-refractivity contribution in [2.24, 2.45) is 0 Å². The van der Waals surface area contributed by atoms with Gasteiger partial charge < -0.3 is 4.90 Å². The Labute approximate surface area is 156 Å². The van der Waals surface area contributed by atoms with E-state index in [1.807, 2.05) is 63.2 Å². The van der Waals surface area contributed by atoms with Gasteiger partial charge in [-0.2, -0.15) is 0 Å². The van der Waals surface area contributed by atoms with Crippen molar-refractivity contribution in [2.75, 3.05) is 23.7 Å². The molecule has 0 aliphatic rings. The Bertz CT molecular complexity index is 864. The Morgan fingerprint density at radius 1 is 1.04 bits per heavy atom. The average molecular weight is 375 g/mol. The molecule has 0 aliphatic heterocycles. The van der Waals surface area contributed by atoms with Crippen LogP contribution in [0.3, 0.4) is 0 Å². The summed E-state index contributed by atoms with van der Waals surface area (Å²) >= 11 is 0. The second-order valence-electron chi connectivity index (χ2n) is 6.45. The monoisotopic (exact) mass is 374 g/mol. The molecule has 6 heteroatoms. The Kier molecular flexibility index (Phi) is 6.42. The Balaban J connectivity index is 2.25. The molecule has 0 aromatic heterocycles. The molecule has 0 aliphatic carbocycles. The van der Waals surface area contributed by atoms with Crippen LogP contribution < -0.4 is 4.31 Å². The topological polar surface area (TPSA) is 57.7 Å². The molecular weight excluding hydrogens is 348 g/mol. The number of anilines is 1. The molecule has 0 N–H and O–H groups in total. The van der Waals surface area contributed by atoms with Crippen LogP contribution in [0.5, 0.6) is 0 Å². The van der Waals surface area contributed by atoms with Crippen molar-refractivity contribution in [3.63, 3.8) is 0 Å². The van der Waals surface area contributed by atoms with E-state index >= 15 is 0 Å². The van der Waals surface area contributed by atoms with E-state index in [1.165, 1.54) is 4.31 Å². The lowest BCUT2D eigenvalue weighted by molar-refractivity contribution is -0.129. The number of amides is 1. The third kappa shape index (κ3) is 5.08. The largest absolute Gasteiger partial charge is 0.337 e. The van der Waals surface area contributed by atoms with Gasteiger partial charge in [-0.05, 0) is 38.0 Å². The lowest BCUT2D eigenvalue weighted by Gasteiger charge is -2.28. The number of aryl methyl sites for hydroxylation is 2. The predicted molar refractivity (Wildman–Crippen MR) is 106 cm³/mol. The first kappa shape index (κ1) is 20.0. The van der Waals surface area contributed by atoms with Crippen LogP contribution in [-0.2, 0) is 21.4 Å². The van der Waals surface area contributed by atoms with Gasteiger partial charge in [0.25, 0.3) is 0 Å². The Hall–Kier alpha value is -2.34. The van der Waals surface area contributed by atoms with Gasteiger partial charge in [-0.1, -0.05) is 48.0 Å². The van der Waals surface area contributed by atoms with E-state index in [2.05, 4.69) is 0 Å². The molecule has 0 atom stereocenters. The van der Waals surface area contributed by atoms with Gasteiger partial charge in [0.1, 0.15) is 6.54 Å². The number of benzene rings is 2. The maximum Gasteiger partial charge on any atom is 0.243 e. The molecule has 1 amide bonds. The molecule has 26 heavy (non-hydrogen) atoms. The SMILES string of the molecule is CCN(Cc1ccccc1)C(=O)CN(c1ccc(C)cc1C)S(C)(=O)=O. The van der Waals surface area contributed by atoms with Gasteiger partial charge in [0, 0.05) is 13.1 Å². The maximum atomic E-state index is 12.8. The zero-order chi connectivity index (χ0) is 19.3. The van der Waals surface area contributed by atoms with Crippen molar-refractivity contribution in [1.29, 1.82) is 0 Å². The lowest BCUT2D eigenvalue weighted by Crippen LogP contribution is -2.42. The summed E-state index contributed by atoms with van der Waals surface area (Å²) in [6.07, 6.45) is 1.13. The fourth-order valence-electron chi connectivity index (χ4n) is 2.87. The minimum absolute atomic E-state index is 0.205. The normalized spacial score (nSPS) is 11.2. The molecule has 140 valence electrons. The average Bonchev–Trinajstić information content (AvgIpc) is 2.58. The van der Waals surface area contributed by atoms with Crippen LogP contribution in [0.15, 0.2) is 48.5 Å². The van der Waals surface area contributed by atoms with Gasteiger partial charge >= 0.3 is 0 Å². The van der Waals surface area contributed by atoms with Gasteiger partial charge in [-0.15, -0.1) is 0 Å². The van der Waals surface area contributed by atoms with Crippen molar-refractivity contribution in [1.82, 2.24) is 4.90 Å². The number of hydrogen-bond acceptors (Lipinski definition) is 3. The second-order valence-corrected chi connectivity index (χ2v) is 8.36. The number of carbonyl (C=O) groups excluding carboxylic acids is 1. The van der Waals surface area contributed by atoms with E-state index in [9.17, 15) is 13.2 Å². The molecule has 0 bridgehead atoms. The maximum absolute atomic E-state index is 12.8. The highest BCUT2D eigenvalue weighted by molar-refractivity contribution is 7.92. The summed E-state index contributed by atoms with van der Waals surface area (Å²) in [6.45, 7) is 6.46. The minimum atomic E-state index is -3.58. The van der Waals surface area contributed by atoms with Crippen LogP contribution in [0, 0.1) is 13.8 Å². The van der Waals surface area contributed by atoms with Crippen LogP contribution in [0.4, 0.5) is 5.69 Å². The van der Waals surface area contributed by atoms with E-state index in [0.717, 1.165) is 22.9 Å². The lowest BCUT2D eigenvalue weighted by atomic mass is 10.1. The number of nitrogens with zero attached hydrogens (tertiary/aromatic N) is 2. The summed E-state index contributed by atoms with van der Waals surface area (Å²) in [5.41, 5.74) is 3.43. The summed E-state index contributed by atoms with van der Waals surface area (Å²) in [5.74, 6) is -0.221. The summed E-state index contributed by atoms with van der Waals surface area (Å²) in [7, 11) is -3.58. The molecule has 0 spiro atoms. The van der Waals surface area contributed by atoms with Crippen LogP contribution in [0.25, 0.3) is 0 Å². The van der Waals surface area contributed by atoms with E-state index in [0.29, 0.717) is 18.8 Å². The van der Waals surface area contributed by atoms with Crippen molar-refractivity contribution in [2.45, 2.75) is 27.3 Å². The first-order valence-electron chi connectivity index (χ1n) is 8.59. The predicted octanol–water partition coefficient (Wildman–Crippen LogP) is 3.12. The number of hydrogen-bond donors (Lipinski definition) is 0. The smallest absolute Gasteiger partial charge is 0.243 e. The number of carbonyl (C=O) groups is 1. The van der Waals surface area contributed by atoms with Gasteiger partial charge in [0.15, 0.2) is 0 Å². The highest BCUT2D eigenvalue weighted by Crippen LogP contribution is 2.23. The molecule has 2 aromatic rings. The first-order valence-corrected chi connectivity index (χ1v) is 10.4. The zero-order valence-corrected chi connectivity index (χ0v) is 16.6. The molecule has 0 unspecified atom stereocenters. The fourth-order valence-corrected chi connectivity index (χ4v) is 3.78. The minimum Gasteiger partial charge on any atom is -0.337 e. The quantitative estimate of drug-likeness (QED) is 0.748. The molecule has 2 rings (SSSR count). The van der Waals surface area contributed by atoms with E-state index < -0.39 is 10.0 Å². The van der Waals surface area contributed by atoms with Crippen molar-refractivity contribution < 1.29 is 13.2 Å². The standard InChI is InChI=1S/C20H26N2O3S/c1-5-21(14-18-9-7-6-8-10-18)20(23)15-22(26(4,24)25)19-12-11-16(2)13-17(19)3/h6-13H,5,14-15H2,1-4H3. The molecule has 0 saturated heterocycles. The molecule has 2 aromatic carbocycles.